The Morgan fingerprint density at radius 2 is 2.16 bits per heavy atom. The highest BCUT2D eigenvalue weighted by molar-refractivity contribution is 5.94. The van der Waals surface area contributed by atoms with Gasteiger partial charge >= 0.3 is 0 Å². The number of rotatable bonds is 6. The van der Waals surface area contributed by atoms with Crippen LogP contribution in [0.3, 0.4) is 0 Å². The molecule has 1 aromatic rings. The Labute approximate surface area is 148 Å². The van der Waals surface area contributed by atoms with Gasteiger partial charge in [-0.2, -0.15) is 0 Å². The van der Waals surface area contributed by atoms with Gasteiger partial charge in [0, 0.05) is 50.2 Å². The zero-order chi connectivity index (χ0) is 17.2. The molecule has 0 N–H and O–H groups in total. The van der Waals surface area contributed by atoms with Crippen LogP contribution in [-0.2, 0) is 16.1 Å². The van der Waals surface area contributed by atoms with E-state index in [1.54, 1.807) is 0 Å². The van der Waals surface area contributed by atoms with E-state index in [1.807, 2.05) is 29.2 Å². The molecule has 3 aliphatic rings. The van der Waals surface area contributed by atoms with E-state index in [-0.39, 0.29) is 11.8 Å². The minimum absolute atomic E-state index is 0.129. The molecule has 5 heteroatoms. The Morgan fingerprint density at radius 3 is 2.84 bits per heavy atom. The van der Waals surface area contributed by atoms with Crippen LogP contribution >= 0.6 is 0 Å². The number of nitrogens with zero attached hydrogens (tertiary/aromatic N) is 2. The van der Waals surface area contributed by atoms with Crippen molar-refractivity contribution in [3.8, 4) is 0 Å². The van der Waals surface area contributed by atoms with Crippen LogP contribution in [-0.4, -0.2) is 54.0 Å². The summed E-state index contributed by atoms with van der Waals surface area (Å²) < 4.78 is 5.47. The van der Waals surface area contributed by atoms with E-state index in [1.165, 1.54) is 0 Å². The summed E-state index contributed by atoms with van der Waals surface area (Å²) >= 11 is 0. The summed E-state index contributed by atoms with van der Waals surface area (Å²) in [5, 5.41) is 0. The predicted molar refractivity (Wildman–Crippen MR) is 94.1 cm³/mol. The summed E-state index contributed by atoms with van der Waals surface area (Å²) in [5.41, 5.74) is 1.79. The smallest absolute Gasteiger partial charge is 0.254 e. The van der Waals surface area contributed by atoms with Crippen LogP contribution in [0.4, 0.5) is 0 Å². The molecule has 0 bridgehead atoms. The molecule has 0 radical (unpaired) electrons. The lowest BCUT2D eigenvalue weighted by molar-refractivity contribution is -0.128. The second-order valence-corrected chi connectivity index (χ2v) is 7.54. The van der Waals surface area contributed by atoms with Crippen LogP contribution in [0.25, 0.3) is 0 Å². The minimum Gasteiger partial charge on any atom is -0.381 e. The van der Waals surface area contributed by atoms with Gasteiger partial charge in [-0.3, -0.25) is 9.59 Å². The van der Waals surface area contributed by atoms with Crippen LogP contribution < -0.4 is 0 Å². The number of hydrogen-bond donors (Lipinski definition) is 0. The quantitative estimate of drug-likeness (QED) is 0.798. The van der Waals surface area contributed by atoms with Crippen molar-refractivity contribution in [1.29, 1.82) is 0 Å². The first kappa shape index (κ1) is 16.6. The Kier molecular flexibility index (Phi) is 4.75. The molecule has 1 saturated carbocycles. The van der Waals surface area contributed by atoms with Crippen LogP contribution in [0, 0.1) is 5.92 Å². The largest absolute Gasteiger partial charge is 0.381 e. The fourth-order valence-corrected chi connectivity index (χ4v) is 3.85. The van der Waals surface area contributed by atoms with Crippen molar-refractivity contribution in [1.82, 2.24) is 9.80 Å². The third-order valence-electron chi connectivity index (χ3n) is 5.45. The number of carbonyl (C=O) groups excluding carboxylic acids is 2. The fourth-order valence-electron chi connectivity index (χ4n) is 3.85. The maximum Gasteiger partial charge on any atom is 0.254 e. The Hall–Kier alpha value is -1.88. The zero-order valence-electron chi connectivity index (χ0n) is 14.7. The van der Waals surface area contributed by atoms with Crippen molar-refractivity contribution in [3.05, 3.63) is 35.4 Å². The number of amides is 2. The van der Waals surface area contributed by atoms with E-state index in [0.717, 1.165) is 63.1 Å². The molecule has 0 spiro atoms. The van der Waals surface area contributed by atoms with Crippen LogP contribution in [0.1, 0.15) is 48.0 Å². The zero-order valence-corrected chi connectivity index (χ0v) is 14.7. The molecule has 2 saturated heterocycles. The molecule has 25 heavy (non-hydrogen) atoms. The van der Waals surface area contributed by atoms with Gasteiger partial charge in [-0.1, -0.05) is 12.1 Å². The highest BCUT2D eigenvalue weighted by Crippen LogP contribution is 2.30. The molecule has 4 rings (SSSR count). The second kappa shape index (κ2) is 7.16. The highest BCUT2D eigenvalue weighted by Gasteiger charge is 2.35. The van der Waals surface area contributed by atoms with E-state index in [9.17, 15) is 9.59 Å². The normalized spacial score (nSPS) is 23.3. The van der Waals surface area contributed by atoms with Gasteiger partial charge in [0.1, 0.15) is 0 Å². The second-order valence-electron chi connectivity index (χ2n) is 7.54. The van der Waals surface area contributed by atoms with E-state index in [2.05, 4.69) is 4.90 Å². The molecule has 2 aliphatic heterocycles. The SMILES string of the molecule is O=C1CCCN1Cc1cccc(C(=O)N(CC2CCOC2)C2CC2)c1. The molecule has 1 aliphatic carbocycles. The molecule has 2 amide bonds. The topological polar surface area (TPSA) is 49.9 Å². The number of likely N-dealkylation sites (tertiary alicyclic amines) is 1. The molecule has 1 atom stereocenters. The number of ether oxygens (including phenoxy) is 1. The van der Waals surface area contributed by atoms with Gasteiger partial charge < -0.3 is 14.5 Å². The minimum atomic E-state index is 0.129. The molecule has 3 fully saturated rings. The van der Waals surface area contributed by atoms with Gasteiger partial charge in [0.05, 0.1) is 6.61 Å². The molecule has 2 heterocycles. The summed E-state index contributed by atoms with van der Waals surface area (Å²) in [7, 11) is 0. The highest BCUT2D eigenvalue weighted by atomic mass is 16.5. The molecule has 1 aromatic carbocycles. The first-order valence-corrected chi connectivity index (χ1v) is 9.46. The van der Waals surface area contributed by atoms with Gasteiger partial charge in [-0.05, 0) is 43.4 Å². The van der Waals surface area contributed by atoms with Gasteiger partial charge in [-0.15, -0.1) is 0 Å². The average Bonchev–Trinajstić information content (AvgIpc) is 3.19. The summed E-state index contributed by atoms with van der Waals surface area (Å²) in [6.45, 7) is 3.83. The molecule has 0 aromatic heterocycles. The standard InChI is InChI=1S/C20H26N2O3/c23-19-5-2-9-21(19)12-15-3-1-4-17(11-15)20(24)22(18-6-7-18)13-16-8-10-25-14-16/h1,3-4,11,16,18H,2,5-10,12-14H2. The third kappa shape index (κ3) is 3.87. The van der Waals surface area contributed by atoms with Gasteiger partial charge in [0.2, 0.25) is 5.91 Å². The lowest BCUT2D eigenvalue weighted by Crippen LogP contribution is -2.37. The average molecular weight is 342 g/mol. The summed E-state index contributed by atoms with van der Waals surface area (Å²) in [4.78, 5) is 28.8. The first-order chi connectivity index (χ1) is 12.2. The summed E-state index contributed by atoms with van der Waals surface area (Å²) in [6.07, 6.45) is 4.87. The lowest BCUT2D eigenvalue weighted by Gasteiger charge is -2.25. The number of benzene rings is 1. The Morgan fingerprint density at radius 1 is 1.28 bits per heavy atom. The van der Waals surface area contributed by atoms with E-state index >= 15 is 0 Å². The van der Waals surface area contributed by atoms with Crippen LogP contribution in [0.15, 0.2) is 24.3 Å². The van der Waals surface area contributed by atoms with Gasteiger partial charge in [-0.25, -0.2) is 0 Å². The van der Waals surface area contributed by atoms with Gasteiger partial charge in [0.25, 0.3) is 5.91 Å². The molecular weight excluding hydrogens is 316 g/mol. The van der Waals surface area contributed by atoms with Crippen molar-refractivity contribution >= 4 is 11.8 Å². The monoisotopic (exact) mass is 342 g/mol. The van der Waals surface area contributed by atoms with Crippen LogP contribution in [0.5, 0.6) is 0 Å². The van der Waals surface area contributed by atoms with Crippen molar-refractivity contribution in [2.45, 2.75) is 44.7 Å². The summed E-state index contributed by atoms with van der Waals surface area (Å²) in [6, 6.07) is 8.21. The molecule has 5 nitrogen and oxygen atoms in total. The van der Waals surface area contributed by atoms with E-state index < -0.39 is 0 Å². The third-order valence-corrected chi connectivity index (χ3v) is 5.45. The first-order valence-electron chi connectivity index (χ1n) is 9.46. The van der Waals surface area contributed by atoms with E-state index in [4.69, 9.17) is 4.74 Å². The van der Waals surface area contributed by atoms with Crippen molar-refractivity contribution in [2.24, 2.45) is 5.92 Å². The molecule has 134 valence electrons. The fraction of sp³-hybridized carbons (Fsp3) is 0.600. The maximum atomic E-state index is 13.1. The van der Waals surface area contributed by atoms with E-state index in [0.29, 0.717) is 24.9 Å². The van der Waals surface area contributed by atoms with Crippen LogP contribution in [0.2, 0.25) is 0 Å². The maximum absolute atomic E-state index is 13.1. The number of hydrogen-bond acceptors (Lipinski definition) is 3. The van der Waals surface area contributed by atoms with Crippen molar-refractivity contribution < 1.29 is 14.3 Å². The molecule has 1 unspecified atom stereocenters. The lowest BCUT2D eigenvalue weighted by atomic mass is 10.1. The Balaban J connectivity index is 1.46. The van der Waals surface area contributed by atoms with Gasteiger partial charge in [0.15, 0.2) is 0 Å². The van der Waals surface area contributed by atoms with Crippen molar-refractivity contribution in [2.75, 3.05) is 26.3 Å². The van der Waals surface area contributed by atoms with Crippen molar-refractivity contribution in [3.63, 3.8) is 0 Å². The summed E-state index contributed by atoms with van der Waals surface area (Å²) in [5.74, 6) is 0.816. The Bertz CT molecular complexity index is 650. The number of carbonyl (C=O) groups is 2. The molecular formula is C20H26N2O3. The predicted octanol–water partition coefficient (Wildman–Crippen LogP) is 2.45.